The molecule has 0 spiro atoms. The van der Waals surface area contributed by atoms with Gasteiger partial charge in [-0.2, -0.15) is 11.8 Å². The Labute approximate surface area is 143 Å². The molecular weight excluding hydrogens is 335 g/mol. The molecule has 0 radical (unpaired) electrons. The molecule has 4 nitrogen and oxygen atoms in total. The first-order valence-corrected chi connectivity index (χ1v) is 9.49. The van der Waals surface area contributed by atoms with E-state index in [2.05, 4.69) is 10.3 Å². The number of nitrogens with one attached hydrogen (secondary N) is 1. The summed E-state index contributed by atoms with van der Waals surface area (Å²) in [5.41, 5.74) is 1.50. The van der Waals surface area contributed by atoms with Gasteiger partial charge in [0.25, 0.3) is 0 Å². The van der Waals surface area contributed by atoms with Crippen LogP contribution in [-0.4, -0.2) is 40.7 Å². The molecule has 0 saturated heterocycles. The van der Waals surface area contributed by atoms with Crippen molar-refractivity contribution in [2.45, 2.75) is 18.9 Å². The van der Waals surface area contributed by atoms with Crippen LogP contribution < -0.4 is 5.32 Å². The lowest BCUT2D eigenvalue weighted by Crippen LogP contribution is -2.38. The average Bonchev–Trinajstić information content (AvgIpc) is 3.00. The second-order valence-corrected chi connectivity index (χ2v) is 6.90. The molecule has 0 fully saturated rings. The van der Waals surface area contributed by atoms with E-state index in [9.17, 15) is 14.3 Å². The highest BCUT2D eigenvalue weighted by Gasteiger charge is 2.13. The minimum atomic E-state index is -0.287. The third kappa shape index (κ3) is 5.60. The van der Waals surface area contributed by atoms with Gasteiger partial charge >= 0.3 is 0 Å². The predicted octanol–water partition coefficient (Wildman–Crippen LogP) is 2.72. The van der Waals surface area contributed by atoms with Gasteiger partial charge in [0.05, 0.1) is 24.8 Å². The van der Waals surface area contributed by atoms with Crippen LogP contribution in [0.4, 0.5) is 4.39 Å². The zero-order chi connectivity index (χ0) is 16.7. The Morgan fingerprint density at radius 2 is 2.17 bits per heavy atom. The molecule has 1 amide bonds. The van der Waals surface area contributed by atoms with Gasteiger partial charge in [-0.05, 0) is 42.7 Å². The fraction of sp³-hybridized carbons (Fsp3) is 0.375. The summed E-state index contributed by atoms with van der Waals surface area (Å²) in [5.74, 6) is 0.447. The lowest BCUT2D eigenvalue weighted by atomic mass is 10.2. The van der Waals surface area contributed by atoms with Gasteiger partial charge in [-0.25, -0.2) is 9.37 Å². The van der Waals surface area contributed by atoms with Crippen LogP contribution in [0.5, 0.6) is 0 Å². The van der Waals surface area contributed by atoms with Crippen LogP contribution >= 0.6 is 23.1 Å². The van der Waals surface area contributed by atoms with Crippen molar-refractivity contribution in [3.63, 3.8) is 0 Å². The van der Waals surface area contributed by atoms with Gasteiger partial charge in [-0.15, -0.1) is 11.3 Å². The summed E-state index contributed by atoms with van der Waals surface area (Å²) in [4.78, 5) is 16.4. The number of rotatable bonds is 8. The number of hydrogen-bond acceptors (Lipinski definition) is 5. The van der Waals surface area contributed by atoms with E-state index in [-0.39, 0.29) is 30.8 Å². The monoisotopic (exact) mass is 354 g/mol. The van der Waals surface area contributed by atoms with E-state index >= 15 is 0 Å². The minimum Gasteiger partial charge on any atom is -0.394 e. The van der Waals surface area contributed by atoms with Crippen LogP contribution in [0.2, 0.25) is 0 Å². The normalized spacial score (nSPS) is 12.1. The summed E-state index contributed by atoms with van der Waals surface area (Å²) in [6, 6.07) is 5.90. The molecule has 1 heterocycles. The van der Waals surface area contributed by atoms with Crippen LogP contribution in [0.25, 0.3) is 10.6 Å². The van der Waals surface area contributed by atoms with Gasteiger partial charge in [0.1, 0.15) is 10.8 Å². The number of carbonyl (C=O) groups is 1. The molecular formula is C16H19FN2O2S2. The molecule has 0 aliphatic rings. The van der Waals surface area contributed by atoms with E-state index in [1.54, 1.807) is 23.9 Å². The van der Waals surface area contributed by atoms with Gasteiger partial charge in [0.15, 0.2) is 0 Å². The number of benzene rings is 1. The molecule has 1 aromatic heterocycles. The van der Waals surface area contributed by atoms with Crippen molar-refractivity contribution in [1.82, 2.24) is 10.3 Å². The number of halogens is 1. The number of aromatic nitrogens is 1. The maximum Gasteiger partial charge on any atom is 0.226 e. The first-order valence-electron chi connectivity index (χ1n) is 7.22. The topological polar surface area (TPSA) is 62.2 Å². The highest BCUT2D eigenvalue weighted by atomic mass is 32.2. The van der Waals surface area contributed by atoms with Gasteiger partial charge in [-0.3, -0.25) is 4.79 Å². The van der Waals surface area contributed by atoms with Crippen molar-refractivity contribution in [2.75, 3.05) is 18.6 Å². The van der Waals surface area contributed by atoms with Crippen LogP contribution in [0.15, 0.2) is 29.6 Å². The summed E-state index contributed by atoms with van der Waals surface area (Å²) >= 11 is 3.10. The van der Waals surface area contributed by atoms with Gasteiger partial charge in [-0.1, -0.05) is 0 Å². The van der Waals surface area contributed by atoms with Crippen molar-refractivity contribution in [2.24, 2.45) is 0 Å². The molecule has 0 unspecified atom stereocenters. The Balaban J connectivity index is 1.93. The Hall–Kier alpha value is -1.44. The number of thioether (sulfide) groups is 1. The number of aliphatic hydroxyl groups is 1. The third-order valence-electron chi connectivity index (χ3n) is 3.24. The smallest absolute Gasteiger partial charge is 0.226 e. The van der Waals surface area contributed by atoms with E-state index in [1.807, 2.05) is 11.6 Å². The molecule has 0 bridgehead atoms. The summed E-state index contributed by atoms with van der Waals surface area (Å²) in [6.45, 7) is -0.0653. The van der Waals surface area contributed by atoms with Gasteiger partial charge in [0, 0.05) is 10.9 Å². The number of hydrogen-bond donors (Lipinski definition) is 2. The maximum absolute atomic E-state index is 12.9. The first kappa shape index (κ1) is 17.9. The average molecular weight is 354 g/mol. The fourth-order valence-corrected chi connectivity index (χ4v) is 3.37. The molecule has 2 N–H and O–H groups in total. The number of amides is 1. The number of carbonyl (C=O) groups excluding carboxylic acids is 1. The Kier molecular flexibility index (Phi) is 7.01. The molecule has 7 heteroatoms. The van der Waals surface area contributed by atoms with Gasteiger partial charge in [0.2, 0.25) is 5.91 Å². The number of thiazole rings is 1. The second-order valence-electron chi connectivity index (χ2n) is 5.06. The molecule has 124 valence electrons. The maximum atomic E-state index is 12.9. The zero-order valence-corrected chi connectivity index (χ0v) is 14.4. The quantitative estimate of drug-likeness (QED) is 0.765. The predicted molar refractivity (Wildman–Crippen MR) is 93.2 cm³/mol. The molecule has 2 aromatic rings. The standard InChI is InChI=1S/C16H19FN2O2S2/c1-22-7-6-13(9-20)18-15(21)8-14-10-23-16(19-14)11-2-4-12(17)5-3-11/h2-5,10,13,20H,6-9H2,1H3,(H,18,21)/t13-/m1/s1. The molecule has 2 rings (SSSR count). The van der Waals surface area contributed by atoms with Crippen molar-refractivity contribution in [3.05, 3.63) is 41.2 Å². The largest absolute Gasteiger partial charge is 0.394 e. The highest BCUT2D eigenvalue weighted by molar-refractivity contribution is 7.98. The molecule has 0 aliphatic heterocycles. The Morgan fingerprint density at radius 1 is 1.43 bits per heavy atom. The summed E-state index contributed by atoms with van der Waals surface area (Å²) in [6.07, 6.45) is 2.90. The number of nitrogens with zero attached hydrogens (tertiary/aromatic N) is 1. The van der Waals surface area contributed by atoms with E-state index in [4.69, 9.17) is 0 Å². The van der Waals surface area contributed by atoms with Crippen LogP contribution in [-0.2, 0) is 11.2 Å². The van der Waals surface area contributed by atoms with E-state index in [1.165, 1.54) is 23.5 Å². The van der Waals surface area contributed by atoms with E-state index in [0.717, 1.165) is 22.7 Å². The lowest BCUT2D eigenvalue weighted by Gasteiger charge is -2.15. The van der Waals surface area contributed by atoms with Gasteiger partial charge < -0.3 is 10.4 Å². The van der Waals surface area contributed by atoms with Crippen molar-refractivity contribution < 1.29 is 14.3 Å². The van der Waals surface area contributed by atoms with Crippen LogP contribution in [0, 0.1) is 5.82 Å². The minimum absolute atomic E-state index is 0.0653. The summed E-state index contributed by atoms with van der Waals surface area (Å²) < 4.78 is 12.9. The third-order valence-corrected chi connectivity index (χ3v) is 4.82. The zero-order valence-electron chi connectivity index (χ0n) is 12.8. The van der Waals surface area contributed by atoms with Crippen molar-refractivity contribution >= 4 is 29.0 Å². The van der Waals surface area contributed by atoms with Crippen LogP contribution in [0.1, 0.15) is 12.1 Å². The van der Waals surface area contributed by atoms with E-state index in [0.29, 0.717) is 5.69 Å². The van der Waals surface area contributed by atoms with Crippen LogP contribution in [0.3, 0.4) is 0 Å². The molecule has 0 saturated carbocycles. The number of aliphatic hydroxyl groups excluding tert-OH is 1. The Morgan fingerprint density at radius 3 is 2.83 bits per heavy atom. The first-order chi connectivity index (χ1) is 11.1. The molecule has 0 aliphatic carbocycles. The van der Waals surface area contributed by atoms with Crippen molar-refractivity contribution in [3.8, 4) is 10.6 Å². The molecule has 1 atom stereocenters. The Bertz CT molecular complexity index is 631. The SMILES string of the molecule is CSCC[C@H](CO)NC(=O)Cc1csc(-c2ccc(F)cc2)n1. The molecule has 23 heavy (non-hydrogen) atoms. The summed E-state index contributed by atoms with van der Waals surface area (Å²) in [7, 11) is 0. The summed E-state index contributed by atoms with van der Waals surface area (Å²) in [5, 5.41) is 14.7. The fourth-order valence-electron chi connectivity index (χ4n) is 2.03. The highest BCUT2D eigenvalue weighted by Crippen LogP contribution is 2.24. The second kappa shape index (κ2) is 9.00. The lowest BCUT2D eigenvalue weighted by molar-refractivity contribution is -0.121. The van der Waals surface area contributed by atoms with E-state index < -0.39 is 0 Å². The van der Waals surface area contributed by atoms with Crippen molar-refractivity contribution in [1.29, 1.82) is 0 Å². The molecule has 1 aromatic carbocycles.